The zero-order chi connectivity index (χ0) is 19.6. The van der Waals surface area contributed by atoms with E-state index in [9.17, 15) is 14.4 Å². The van der Waals surface area contributed by atoms with Gasteiger partial charge in [0, 0.05) is 5.69 Å². The van der Waals surface area contributed by atoms with Crippen LogP contribution in [0, 0.1) is 0 Å². The lowest BCUT2D eigenvalue weighted by atomic mass is 9.82. The monoisotopic (exact) mass is 377 g/mol. The van der Waals surface area contributed by atoms with Crippen molar-refractivity contribution in [3.63, 3.8) is 0 Å². The first-order valence-electron chi connectivity index (χ1n) is 9.67. The smallest absolute Gasteiger partial charge is 0.325 e. The highest BCUT2D eigenvalue weighted by Gasteiger charge is 2.51. The van der Waals surface area contributed by atoms with Crippen molar-refractivity contribution in [2.45, 2.75) is 37.6 Å². The van der Waals surface area contributed by atoms with Crippen LogP contribution in [0.25, 0.3) is 11.1 Å². The molecule has 4 amide bonds. The van der Waals surface area contributed by atoms with E-state index in [1.807, 2.05) is 54.6 Å². The summed E-state index contributed by atoms with van der Waals surface area (Å²) in [5, 5.41) is 5.59. The molecule has 6 nitrogen and oxygen atoms in total. The highest BCUT2D eigenvalue weighted by atomic mass is 16.2. The molecule has 1 saturated heterocycles. The minimum Gasteiger partial charge on any atom is -0.325 e. The Kier molecular flexibility index (Phi) is 4.86. The molecule has 4 rings (SSSR count). The molecule has 2 N–H and O–H groups in total. The van der Waals surface area contributed by atoms with Crippen molar-refractivity contribution in [3.05, 3.63) is 54.6 Å². The molecule has 2 fully saturated rings. The number of nitrogens with one attached hydrogen (secondary N) is 2. The predicted octanol–water partition coefficient (Wildman–Crippen LogP) is 3.55. The number of anilines is 1. The average Bonchev–Trinajstić information content (AvgIpc) is 2.93. The van der Waals surface area contributed by atoms with E-state index in [4.69, 9.17) is 0 Å². The summed E-state index contributed by atoms with van der Waals surface area (Å²) in [6.07, 6.45) is 4.21. The SMILES string of the molecule is O=C(CN1C(=O)NC2(CCCCC2)C1=O)Nc1ccc(-c2ccccc2)cc1. The van der Waals surface area contributed by atoms with E-state index in [1.54, 1.807) is 0 Å². The molecule has 2 aliphatic rings. The normalized spacial score (nSPS) is 18.2. The van der Waals surface area contributed by atoms with Gasteiger partial charge in [-0.15, -0.1) is 0 Å². The van der Waals surface area contributed by atoms with Crippen molar-refractivity contribution in [1.29, 1.82) is 0 Å². The number of hydrogen-bond donors (Lipinski definition) is 2. The Morgan fingerprint density at radius 1 is 0.929 bits per heavy atom. The number of carbonyl (C=O) groups is 3. The molecule has 144 valence electrons. The summed E-state index contributed by atoms with van der Waals surface area (Å²) >= 11 is 0. The van der Waals surface area contributed by atoms with Gasteiger partial charge in [0.05, 0.1) is 0 Å². The summed E-state index contributed by atoms with van der Waals surface area (Å²) in [4.78, 5) is 38.4. The van der Waals surface area contributed by atoms with Crippen LogP contribution < -0.4 is 10.6 Å². The zero-order valence-electron chi connectivity index (χ0n) is 15.6. The van der Waals surface area contributed by atoms with Crippen LogP contribution in [0.15, 0.2) is 54.6 Å². The van der Waals surface area contributed by atoms with Crippen LogP contribution in [-0.2, 0) is 9.59 Å². The first-order chi connectivity index (χ1) is 13.6. The standard InChI is InChI=1S/C22H23N3O3/c26-19(15-25-20(27)22(24-21(25)28)13-5-2-6-14-22)23-18-11-9-17(10-12-18)16-7-3-1-4-8-16/h1,3-4,7-12H,2,5-6,13-15H2,(H,23,26)(H,24,28). The van der Waals surface area contributed by atoms with E-state index in [1.165, 1.54) is 0 Å². The molecular formula is C22H23N3O3. The van der Waals surface area contributed by atoms with Crippen molar-refractivity contribution >= 4 is 23.5 Å². The molecule has 1 saturated carbocycles. The fourth-order valence-corrected chi connectivity index (χ4v) is 4.03. The van der Waals surface area contributed by atoms with Crippen molar-refractivity contribution in [3.8, 4) is 11.1 Å². The lowest BCUT2D eigenvalue weighted by molar-refractivity contribution is -0.134. The van der Waals surface area contributed by atoms with Crippen molar-refractivity contribution in [2.75, 3.05) is 11.9 Å². The maximum Gasteiger partial charge on any atom is 0.325 e. The van der Waals surface area contributed by atoms with Gasteiger partial charge in [-0.05, 0) is 36.1 Å². The van der Waals surface area contributed by atoms with Gasteiger partial charge in [-0.2, -0.15) is 0 Å². The fraction of sp³-hybridized carbons (Fsp3) is 0.318. The van der Waals surface area contributed by atoms with Gasteiger partial charge in [-0.3, -0.25) is 14.5 Å². The van der Waals surface area contributed by atoms with Gasteiger partial charge >= 0.3 is 6.03 Å². The van der Waals surface area contributed by atoms with Gasteiger partial charge in [-0.25, -0.2) is 4.79 Å². The van der Waals surface area contributed by atoms with E-state index in [2.05, 4.69) is 10.6 Å². The second kappa shape index (κ2) is 7.46. The molecule has 1 aliphatic carbocycles. The quantitative estimate of drug-likeness (QED) is 0.800. The van der Waals surface area contributed by atoms with Gasteiger partial charge < -0.3 is 10.6 Å². The molecule has 2 aromatic rings. The van der Waals surface area contributed by atoms with Crippen molar-refractivity contribution < 1.29 is 14.4 Å². The Morgan fingerprint density at radius 2 is 1.57 bits per heavy atom. The fourth-order valence-electron chi connectivity index (χ4n) is 4.03. The summed E-state index contributed by atoms with van der Waals surface area (Å²) in [5.74, 6) is -0.657. The second-order valence-electron chi connectivity index (χ2n) is 7.46. The molecule has 2 aromatic carbocycles. The lowest BCUT2D eigenvalue weighted by Crippen LogP contribution is -2.48. The van der Waals surface area contributed by atoms with Gasteiger partial charge in [-0.1, -0.05) is 61.7 Å². The number of benzene rings is 2. The van der Waals surface area contributed by atoms with Crippen molar-refractivity contribution in [2.24, 2.45) is 0 Å². The molecule has 28 heavy (non-hydrogen) atoms. The first kappa shape index (κ1) is 18.2. The summed E-state index contributed by atoms with van der Waals surface area (Å²) in [7, 11) is 0. The number of nitrogens with zero attached hydrogens (tertiary/aromatic N) is 1. The molecule has 0 atom stereocenters. The van der Waals surface area contributed by atoms with E-state index in [0.29, 0.717) is 18.5 Å². The summed E-state index contributed by atoms with van der Waals surface area (Å²) in [6, 6.07) is 17.0. The van der Waals surface area contributed by atoms with Crippen molar-refractivity contribution in [1.82, 2.24) is 10.2 Å². The molecule has 1 aliphatic heterocycles. The van der Waals surface area contributed by atoms with E-state index >= 15 is 0 Å². The van der Waals surface area contributed by atoms with Crippen LogP contribution in [0.2, 0.25) is 0 Å². The molecule has 1 heterocycles. The number of rotatable bonds is 4. The van der Waals surface area contributed by atoms with Gasteiger partial charge in [0.2, 0.25) is 5.91 Å². The maximum absolute atomic E-state index is 12.7. The van der Waals surface area contributed by atoms with Crippen LogP contribution >= 0.6 is 0 Å². The van der Waals surface area contributed by atoms with E-state index in [0.717, 1.165) is 35.3 Å². The van der Waals surface area contributed by atoms with Crippen LogP contribution in [-0.4, -0.2) is 34.8 Å². The molecular weight excluding hydrogens is 354 g/mol. The van der Waals surface area contributed by atoms with Gasteiger partial charge in [0.25, 0.3) is 5.91 Å². The molecule has 1 spiro atoms. The maximum atomic E-state index is 12.7. The third-order valence-corrected chi connectivity index (χ3v) is 5.53. The Balaban J connectivity index is 1.39. The van der Waals surface area contributed by atoms with E-state index < -0.39 is 11.6 Å². The molecule has 0 bridgehead atoms. The zero-order valence-corrected chi connectivity index (χ0v) is 15.6. The van der Waals surface area contributed by atoms with Crippen LogP contribution in [0.1, 0.15) is 32.1 Å². The van der Waals surface area contributed by atoms with Crippen LogP contribution in [0.5, 0.6) is 0 Å². The number of carbonyl (C=O) groups excluding carboxylic acids is 3. The molecule has 0 radical (unpaired) electrons. The number of amides is 4. The third kappa shape index (κ3) is 3.50. The minimum atomic E-state index is -0.799. The molecule has 0 unspecified atom stereocenters. The van der Waals surface area contributed by atoms with Gasteiger partial charge in [0.15, 0.2) is 0 Å². The topological polar surface area (TPSA) is 78.5 Å². The predicted molar refractivity (Wildman–Crippen MR) is 107 cm³/mol. The third-order valence-electron chi connectivity index (χ3n) is 5.53. The largest absolute Gasteiger partial charge is 0.325 e. The highest BCUT2D eigenvalue weighted by Crippen LogP contribution is 2.33. The molecule has 0 aromatic heterocycles. The Labute approximate surface area is 163 Å². The minimum absolute atomic E-state index is 0.271. The Morgan fingerprint density at radius 3 is 2.25 bits per heavy atom. The summed E-state index contributed by atoms with van der Waals surface area (Å²) in [6.45, 7) is -0.271. The first-order valence-corrected chi connectivity index (χ1v) is 9.67. The molecule has 6 heteroatoms. The van der Waals surface area contributed by atoms with Crippen LogP contribution in [0.3, 0.4) is 0 Å². The average molecular weight is 377 g/mol. The summed E-state index contributed by atoms with van der Waals surface area (Å²) < 4.78 is 0. The van der Waals surface area contributed by atoms with Gasteiger partial charge in [0.1, 0.15) is 12.1 Å². The number of imide groups is 1. The number of hydrogen-bond acceptors (Lipinski definition) is 3. The summed E-state index contributed by atoms with van der Waals surface area (Å²) in [5.41, 5.74) is 1.97. The van der Waals surface area contributed by atoms with E-state index in [-0.39, 0.29) is 18.4 Å². The Bertz CT molecular complexity index is 887. The second-order valence-corrected chi connectivity index (χ2v) is 7.46. The van der Waals surface area contributed by atoms with Crippen LogP contribution in [0.4, 0.5) is 10.5 Å². The highest BCUT2D eigenvalue weighted by molar-refractivity contribution is 6.10. The lowest BCUT2D eigenvalue weighted by Gasteiger charge is -2.30. The Hall–Kier alpha value is -3.15. The number of urea groups is 1.